The average molecular weight is 301 g/mol. The van der Waals surface area contributed by atoms with Gasteiger partial charge >= 0.3 is 0 Å². The molecule has 4 nitrogen and oxygen atoms in total. The van der Waals surface area contributed by atoms with Gasteiger partial charge in [0.25, 0.3) is 0 Å². The zero-order valence-corrected chi connectivity index (χ0v) is 13.6. The lowest BCUT2D eigenvalue weighted by Crippen LogP contribution is -2.41. The van der Waals surface area contributed by atoms with Crippen molar-refractivity contribution in [1.82, 2.24) is 21.3 Å². The van der Waals surface area contributed by atoms with Gasteiger partial charge in [0, 0.05) is 0 Å². The Labute approximate surface area is 133 Å². The summed E-state index contributed by atoms with van der Waals surface area (Å²) >= 11 is 0. The van der Waals surface area contributed by atoms with Crippen LogP contribution in [0.1, 0.15) is 47.0 Å². The van der Waals surface area contributed by atoms with Crippen LogP contribution in [0.3, 0.4) is 0 Å². The standard InChI is InChI=1S/C16H36N4.CH4/c1-3-17-9-5-11-19-13-15-7-8-16(15)14-20-12-6-10-18-4-2;/h15-20H,3-14H2,1-2H3;1H4. The third kappa shape index (κ3) is 10.2. The SMILES string of the molecule is C.CCNCCCNCC1CCC1CNCCCNCC. The van der Waals surface area contributed by atoms with Crippen LogP contribution in [0, 0.1) is 11.8 Å². The van der Waals surface area contributed by atoms with Crippen LogP contribution < -0.4 is 21.3 Å². The van der Waals surface area contributed by atoms with Crippen molar-refractivity contribution in [1.29, 1.82) is 0 Å². The summed E-state index contributed by atoms with van der Waals surface area (Å²) < 4.78 is 0. The summed E-state index contributed by atoms with van der Waals surface area (Å²) in [6.07, 6.45) is 5.33. The highest BCUT2D eigenvalue weighted by Gasteiger charge is 2.29. The Morgan fingerprint density at radius 2 is 1.05 bits per heavy atom. The third-order valence-corrected chi connectivity index (χ3v) is 4.30. The van der Waals surface area contributed by atoms with E-state index in [0.29, 0.717) is 0 Å². The molecule has 1 aliphatic rings. The maximum absolute atomic E-state index is 3.62. The molecular formula is C17H40N4. The molecule has 1 rings (SSSR count). The Morgan fingerprint density at radius 3 is 1.38 bits per heavy atom. The van der Waals surface area contributed by atoms with E-state index in [2.05, 4.69) is 35.1 Å². The highest BCUT2D eigenvalue weighted by Crippen LogP contribution is 2.32. The van der Waals surface area contributed by atoms with Gasteiger partial charge in [-0.1, -0.05) is 21.3 Å². The summed E-state index contributed by atoms with van der Waals surface area (Å²) in [5, 5.41) is 14.0. The lowest BCUT2D eigenvalue weighted by atomic mass is 9.73. The number of hydrogen-bond donors (Lipinski definition) is 4. The van der Waals surface area contributed by atoms with Gasteiger partial charge in [0.2, 0.25) is 0 Å². The molecule has 0 aromatic heterocycles. The predicted molar refractivity (Wildman–Crippen MR) is 95.0 cm³/mol. The molecule has 4 N–H and O–H groups in total. The Hall–Kier alpha value is -0.160. The molecule has 0 saturated heterocycles. The van der Waals surface area contributed by atoms with Crippen molar-refractivity contribution >= 4 is 0 Å². The highest BCUT2D eigenvalue weighted by atomic mass is 14.9. The van der Waals surface area contributed by atoms with Gasteiger partial charge in [0.15, 0.2) is 0 Å². The Bertz CT molecular complexity index is 189. The number of hydrogen-bond acceptors (Lipinski definition) is 4. The van der Waals surface area contributed by atoms with Gasteiger partial charge in [0.05, 0.1) is 0 Å². The molecule has 128 valence electrons. The first kappa shape index (κ1) is 20.8. The summed E-state index contributed by atoms with van der Waals surface area (Å²) in [5.74, 6) is 1.82. The Kier molecular flexibility index (Phi) is 14.7. The predicted octanol–water partition coefficient (Wildman–Crippen LogP) is 1.83. The molecule has 0 radical (unpaired) electrons. The van der Waals surface area contributed by atoms with Crippen molar-refractivity contribution < 1.29 is 0 Å². The molecule has 1 fully saturated rings. The molecule has 0 aliphatic heterocycles. The van der Waals surface area contributed by atoms with E-state index in [1.165, 1.54) is 38.8 Å². The maximum Gasteiger partial charge on any atom is -0.00174 e. The van der Waals surface area contributed by atoms with Gasteiger partial charge in [-0.2, -0.15) is 0 Å². The van der Waals surface area contributed by atoms with Crippen molar-refractivity contribution in [2.24, 2.45) is 11.8 Å². The fourth-order valence-corrected chi connectivity index (χ4v) is 2.78. The molecule has 0 spiro atoms. The smallest absolute Gasteiger partial charge is 0.00174 e. The average Bonchev–Trinajstić information content (AvgIpc) is 2.44. The van der Waals surface area contributed by atoms with Crippen LogP contribution >= 0.6 is 0 Å². The van der Waals surface area contributed by atoms with Crippen molar-refractivity contribution in [3.8, 4) is 0 Å². The molecule has 0 heterocycles. The second-order valence-corrected chi connectivity index (χ2v) is 5.92. The minimum atomic E-state index is 0. The monoisotopic (exact) mass is 300 g/mol. The van der Waals surface area contributed by atoms with Crippen LogP contribution in [0.2, 0.25) is 0 Å². The fourth-order valence-electron chi connectivity index (χ4n) is 2.78. The van der Waals surface area contributed by atoms with Crippen LogP contribution in [0.25, 0.3) is 0 Å². The molecule has 0 aromatic carbocycles. The summed E-state index contributed by atoms with van der Waals surface area (Å²) in [6.45, 7) is 13.5. The summed E-state index contributed by atoms with van der Waals surface area (Å²) in [7, 11) is 0. The van der Waals surface area contributed by atoms with Gasteiger partial charge < -0.3 is 21.3 Å². The molecule has 0 amide bonds. The largest absolute Gasteiger partial charge is 0.317 e. The third-order valence-electron chi connectivity index (χ3n) is 4.30. The minimum Gasteiger partial charge on any atom is -0.317 e. The lowest BCUT2D eigenvalue weighted by Gasteiger charge is -2.37. The molecule has 1 saturated carbocycles. The quantitative estimate of drug-likeness (QED) is 0.370. The number of rotatable bonds is 14. The van der Waals surface area contributed by atoms with Crippen molar-refractivity contribution in [3.63, 3.8) is 0 Å². The zero-order valence-electron chi connectivity index (χ0n) is 13.6. The van der Waals surface area contributed by atoms with E-state index in [1.54, 1.807) is 0 Å². The van der Waals surface area contributed by atoms with Crippen LogP contribution in [-0.2, 0) is 0 Å². The topological polar surface area (TPSA) is 48.1 Å². The van der Waals surface area contributed by atoms with Crippen LogP contribution in [0.15, 0.2) is 0 Å². The second kappa shape index (κ2) is 14.8. The molecular weight excluding hydrogens is 260 g/mol. The van der Waals surface area contributed by atoms with Crippen molar-refractivity contribution in [2.45, 2.75) is 47.0 Å². The van der Waals surface area contributed by atoms with Crippen molar-refractivity contribution in [3.05, 3.63) is 0 Å². The molecule has 0 aromatic rings. The maximum atomic E-state index is 3.62. The van der Waals surface area contributed by atoms with E-state index in [-0.39, 0.29) is 7.43 Å². The Morgan fingerprint density at radius 1 is 0.667 bits per heavy atom. The molecule has 21 heavy (non-hydrogen) atoms. The van der Waals surface area contributed by atoms with E-state index in [9.17, 15) is 0 Å². The fraction of sp³-hybridized carbons (Fsp3) is 1.00. The van der Waals surface area contributed by atoms with Gasteiger partial charge in [-0.25, -0.2) is 0 Å². The number of nitrogens with one attached hydrogen (secondary N) is 4. The molecule has 4 heteroatoms. The molecule has 0 bridgehead atoms. The lowest BCUT2D eigenvalue weighted by molar-refractivity contribution is 0.167. The zero-order chi connectivity index (χ0) is 14.5. The van der Waals surface area contributed by atoms with Crippen LogP contribution in [-0.4, -0.2) is 52.4 Å². The van der Waals surface area contributed by atoms with Gasteiger partial charge in [0.1, 0.15) is 0 Å². The van der Waals surface area contributed by atoms with E-state index < -0.39 is 0 Å². The van der Waals surface area contributed by atoms with E-state index in [1.807, 2.05) is 0 Å². The van der Waals surface area contributed by atoms with Crippen LogP contribution in [0.4, 0.5) is 0 Å². The first-order valence-electron chi connectivity index (χ1n) is 8.71. The molecule has 1 aliphatic carbocycles. The first-order valence-corrected chi connectivity index (χ1v) is 8.71. The normalized spacial score (nSPS) is 20.9. The summed E-state index contributed by atoms with van der Waals surface area (Å²) in [4.78, 5) is 0. The van der Waals surface area contributed by atoms with Crippen LogP contribution in [0.5, 0.6) is 0 Å². The van der Waals surface area contributed by atoms with E-state index in [4.69, 9.17) is 0 Å². The summed E-state index contributed by atoms with van der Waals surface area (Å²) in [5.41, 5.74) is 0. The van der Waals surface area contributed by atoms with Crippen molar-refractivity contribution in [2.75, 3.05) is 52.4 Å². The highest BCUT2D eigenvalue weighted by molar-refractivity contribution is 4.83. The van der Waals surface area contributed by atoms with Gasteiger partial charge in [-0.3, -0.25) is 0 Å². The second-order valence-electron chi connectivity index (χ2n) is 5.92. The summed E-state index contributed by atoms with van der Waals surface area (Å²) in [6, 6.07) is 0. The minimum absolute atomic E-state index is 0. The van der Waals surface area contributed by atoms with Gasteiger partial charge in [-0.05, 0) is 89.9 Å². The first-order chi connectivity index (χ1) is 9.88. The molecule has 2 atom stereocenters. The van der Waals surface area contributed by atoms with E-state index in [0.717, 1.165) is 51.1 Å². The Balaban J connectivity index is 0.00000400. The van der Waals surface area contributed by atoms with Gasteiger partial charge in [-0.15, -0.1) is 0 Å². The molecule has 2 unspecified atom stereocenters. The van der Waals surface area contributed by atoms with E-state index >= 15 is 0 Å².